The summed E-state index contributed by atoms with van der Waals surface area (Å²) >= 11 is 0. The Balaban J connectivity index is 1.44. The SMILES string of the molecule is CN[C@@H](Cc1ccccc1)C(=O)N[C@@H](CCCCN)C(=O)N1CCC[C@H]1C(=O)N(C(=O)[C@H](N)CC1CCCCC1)[C@@H](Cc1ccccc1)C(=O)NCc1ccncc1. The maximum absolute atomic E-state index is 15.1. The predicted octanol–water partition coefficient (Wildman–Crippen LogP) is 3.40. The molecule has 2 heterocycles. The van der Waals surface area contributed by atoms with E-state index >= 15 is 4.79 Å². The number of hydrogen-bond acceptors (Lipinski definition) is 9. The molecule has 1 aliphatic heterocycles. The highest BCUT2D eigenvalue weighted by atomic mass is 16.2. The zero-order valence-electron chi connectivity index (χ0n) is 33.9. The third-order valence-corrected chi connectivity index (χ3v) is 11.5. The van der Waals surface area contributed by atoms with Crippen LogP contribution < -0.4 is 27.4 Å². The molecule has 5 atom stereocenters. The molecule has 13 heteroatoms. The summed E-state index contributed by atoms with van der Waals surface area (Å²) in [7, 11) is 1.71. The molecule has 1 saturated heterocycles. The minimum atomic E-state index is -1.24. The van der Waals surface area contributed by atoms with Crippen molar-refractivity contribution in [1.82, 2.24) is 30.7 Å². The molecular formula is C45H62N8O5. The van der Waals surface area contributed by atoms with E-state index in [0.717, 1.165) is 53.7 Å². The van der Waals surface area contributed by atoms with Crippen molar-refractivity contribution in [3.8, 4) is 0 Å². The molecule has 2 aliphatic rings. The van der Waals surface area contributed by atoms with Crippen LogP contribution in [-0.2, 0) is 43.4 Å². The summed E-state index contributed by atoms with van der Waals surface area (Å²) in [4.78, 5) is 79.2. The largest absolute Gasteiger partial charge is 0.350 e. The molecule has 2 fully saturated rings. The normalized spacial score (nSPS) is 17.8. The maximum Gasteiger partial charge on any atom is 0.252 e. The van der Waals surface area contributed by atoms with E-state index < -0.39 is 53.8 Å². The van der Waals surface area contributed by atoms with Crippen LogP contribution in [-0.4, -0.2) is 94.7 Å². The minimum absolute atomic E-state index is 0.0574. The van der Waals surface area contributed by atoms with Crippen LogP contribution in [0.15, 0.2) is 85.2 Å². The van der Waals surface area contributed by atoms with Gasteiger partial charge in [0.25, 0.3) is 5.91 Å². The molecule has 1 aliphatic carbocycles. The number of hydrogen-bond donors (Lipinski definition) is 5. The first kappa shape index (κ1) is 44.1. The number of imide groups is 1. The Labute approximate surface area is 343 Å². The third-order valence-electron chi connectivity index (χ3n) is 11.5. The highest BCUT2D eigenvalue weighted by Gasteiger charge is 2.45. The zero-order valence-corrected chi connectivity index (χ0v) is 33.9. The van der Waals surface area contributed by atoms with Crippen molar-refractivity contribution in [2.24, 2.45) is 17.4 Å². The first-order chi connectivity index (χ1) is 28.2. The van der Waals surface area contributed by atoms with E-state index in [4.69, 9.17) is 11.5 Å². The summed E-state index contributed by atoms with van der Waals surface area (Å²) < 4.78 is 0. The molecule has 0 bridgehead atoms. The maximum atomic E-state index is 15.1. The average molecular weight is 795 g/mol. The van der Waals surface area contributed by atoms with Crippen LogP contribution in [0.5, 0.6) is 0 Å². The molecule has 3 aromatic rings. The van der Waals surface area contributed by atoms with Gasteiger partial charge in [0, 0.05) is 31.9 Å². The number of unbranched alkanes of at least 4 members (excludes halogenated alkanes) is 1. The lowest BCUT2D eigenvalue weighted by Gasteiger charge is -2.37. The van der Waals surface area contributed by atoms with Crippen molar-refractivity contribution >= 4 is 29.5 Å². The van der Waals surface area contributed by atoms with Crippen LogP contribution in [0.1, 0.15) is 87.3 Å². The molecule has 5 amide bonds. The fraction of sp³-hybridized carbons (Fsp3) is 0.511. The minimum Gasteiger partial charge on any atom is -0.350 e. The van der Waals surface area contributed by atoms with Gasteiger partial charge in [0.15, 0.2) is 0 Å². The smallest absolute Gasteiger partial charge is 0.252 e. The number of likely N-dealkylation sites (tertiary alicyclic amines) is 1. The molecule has 312 valence electrons. The van der Waals surface area contributed by atoms with Gasteiger partial charge in [0.1, 0.15) is 18.1 Å². The molecular weight excluding hydrogens is 733 g/mol. The van der Waals surface area contributed by atoms with Gasteiger partial charge in [-0.25, -0.2) is 0 Å². The summed E-state index contributed by atoms with van der Waals surface area (Å²) in [6, 6.07) is 17.6. The van der Waals surface area contributed by atoms with Crippen molar-refractivity contribution in [3.05, 3.63) is 102 Å². The molecule has 1 saturated carbocycles. The van der Waals surface area contributed by atoms with Gasteiger partial charge in [-0.15, -0.1) is 0 Å². The van der Waals surface area contributed by atoms with Gasteiger partial charge >= 0.3 is 0 Å². The van der Waals surface area contributed by atoms with Gasteiger partial charge in [0.2, 0.25) is 23.6 Å². The van der Waals surface area contributed by atoms with Gasteiger partial charge in [-0.1, -0.05) is 92.8 Å². The van der Waals surface area contributed by atoms with Gasteiger partial charge in [-0.2, -0.15) is 0 Å². The monoisotopic (exact) mass is 794 g/mol. The molecule has 58 heavy (non-hydrogen) atoms. The number of pyridine rings is 1. The van der Waals surface area contributed by atoms with Crippen LogP contribution in [0.2, 0.25) is 0 Å². The Morgan fingerprint density at radius 3 is 2.09 bits per heavy atom. The van der Waals surface area contributed by atoms with Crippen LogP contribution in [0.25, 0.3) is 0 Å². The standard InChI is InChI=1S/C45H62N8O5/c1-48-38(29-33-16-7-3-8-17-33)41(54)51-37(20-11-12-24-46)44(57)52-27-13-21-39(52)45(58)53(43(56)36(47)28-32-14-5-2-6-15-32)40(30-34-18-9-4-10-19-34)42(55)50-31-35-22-25-49-26-23-35/h3-4,7-10,16-19,22-23,25-26,32,36-40,48H,2,5-6,11-15,20-21,24,27-31,46-47H2,1H3,(H,50,55)(H,51,54)/t36-,37+,38+,39+,40+/m1/s1. The number of nitrogens with one attached hydrogen (secondary N) is 3. The Morgan fingerprint density at radius 2 is 1.45 bits per heavy atom. The van der Waals surface area contributed by atoms with E-state index in [-0.39, 0.29) is 31.3 Å². The van der Waals surface area contributed by atoms with E-state index in [1.807, 2.05) is 60.7 Å². The number of amides is 5. The molecule has 5 rings (SSSR count). The van der Waals surface area contributed by atoms with Crippen molar-refractivity contribution in [1.29, 1.82) is 0 Å². The zero-order chi connectivity index (χ0) is 41.3. The Morgan fingerprint density at radius 1 is 0.793 bits per heavy atom. The fourth-order valence-electron chi connectivity index (χ4n) is 8.27. The highest BCUT2D eigenvalue weighted by molar-refractivity contribution is 6.05. The second-order valence-corrected chi connectivity index (χ2v) is 15.7. The van der Waals surface area contributed by atoms with Crippen LogP contribution in [0.3, 0.4) is 0 Å². The summed E-state index contributed by atoms with van der Waals surface area (Å²) in [6.45, 7) is 0.843. The van der Waals surface area contributed by atoms with E-state index in [2.05, 4.69) is 20.9 Å². The van der Waals surface area contributed by atoms with E-state index in [1.165, 1.54) is 4.90 Å². The predicted molar refractivity (Wildman–Crippen MR) is 224 cm³/mol. The molecule has 1 aromatic heterocycles. The molecule has 0 unspecified atom stereocenters. The van der Waals surface area contributed by atoms with Crippen molar-refractivity contribution in [3.63, 3.8) is 0 Å². The average Bonchev–Trinajstić information content (AvgIpc) is 3.75. The number of rotatable bonds is 20. The van der Waals surface area contributed by atoms with Crippen molar-refractivity contribution in [2.45, 2.75) is 120 Å². The molecule has 7 N–H and O–H groups in total. The van der Waals surface area contributed by atoms with Crippen molar-refractivity contribution in [2.75, 3.05) is 20.1 Å². The molecule has 0 radical (unpaired) electrons. The number of benzene rings is 2. The summed E-state index contributed by atoms with van der Waals surface area (Å²) in [5, 5.41) is 9.03. The van der Waals surface area contributed by atoms with E-state index in [9.17, 15) is 19.2 Å². The third kappa shape index (κ3) is 12.5. The van der Waals surface area contributed by atoms with Crippen LogP contribution in [0.4, 0.5) is 0 Å². The highest BCUT2D eigenvalue weighted by Crippen LogP contribution is 2.29. The Bertz CT molecular complexity index is 1760. The number of likely N-dealkylation sites (N-methyl/N-ethyl adjacent to an activating group) is 1. The molecule has 13 nitrogen and oxygen atoms in total. The number of nitrogens with two attached hydrogens (primary N) is 2. The van der Waals surface area contributed by atoms with Gasteiger partial charge in [-0.3, -0.25) is 33.9 Å². The van der Waals surface area contributed by atoms with Crippen LogP contribution >= 0.6 is 0 Å². The lowest BCUT2D eigenvalue weighted by atomic mass is 9.84. The van der Waals surface area contributed by atoms with E-state index in [1.54, 1.807) is 31.6 Å². The number of nitrogens with zero attached hydrogens (tertiary/aromatic N) is 3. The lowest BCUT2D eigenvalue weighted by molar-refractivity contribution is -0.158. The Kier molecular flexibility index (Phi) is 17.4. The Hall–Kier alpha value is -4.98. The van der Waals surface area contributed by atoms with Gasteiger partial charge in [-0.05, 0) is 93.3 Å². The number of carbonyl (C=O) groups is 5. The van der Waals surface area contributed by atoms with Gasteiger partial charge < -0.3 is 32.3 Å². The first-order valence-electron chi connectivity index (χ1n) is 21.0. The molecule has 2 aromatic carbocycles. The second kappa shape index (κ2) is 22.8. The van der Waals surface area contributed by atoms with Crippen molar-refractivity contribution < 1.29 is 24.0 Å². The second-order valence-electron chi connectivity index (χ2n) is 15.7. The summed E-state index contributed by atoms with van der Waals surface area (Å²) in [6.07, 6.45) is 11.7. The summed E-state index contributed by atoms with van der Waals surface area (Å²) in [5.41, 5.74) is 15.1. The van der Waals surface area contributed by atoms with Crippen LogP contribution in [0, 0.1) is 5.92 Å². The molecule has 0 spiro atoms. The quantitative estimate of drug-likeness (QED) is 0.107. The lowest BCUT2D eigenvalue weighted by Crippen LogP contribution is -2.62. The first-order valence-corrected chi connectivity index (χ1v) is 21.0. The topological polar surface area (TPSA) is 193 Å². The van der Waals surface area contributed by atoms with E-state index in [0.29, 0.717) is 51.5 Å². The number of aromatic nitrogens is 1. The fourth-order valence-corrected chi connectivity index (χ4v) is 8.27. The summed E-state index contributed by atoms with van der Waals surface area (Å²) in [5.74, 6) is -2.27. The number of carbonyl (C=O) groups excluding carboxylic acids is 5. The van der Waals surface area contributed by atoms with Gasteiger partial charge in [0.05, 0.1) is 12.1 Å².